The van der Waals surface area contributed by atoms with Crippen molar-refractivity contribution in [3.8, 4) is 0 Å². The van der Waals surface area contributed by atoms with E-state index in [1.165, 1.54) is 11.3 Å². The minimum Gasteiger partial charge on any atom is -0.396 e. The zero-order valence-corrected chi connectivity index (χ0v) is 13.6. The van der Waals surface area contributed by atoms with Crippen molar-refractivity contribution in [2.75, 3.05) is 46.4 Å². The summed E-state index contributed by atoms with van der Waals surface area (Å²) in [6.45, 7) is 2.76. The molecule has 0 aliphatic carbocycles. The minimum absolute atomic E-state index is 0.0161. The molecule has 1 fully saturated rings. The van der Waals surface area contributed by atoms with Crippen molar-refractivity contribution in [3.63, 3.8) is 0 Å². The third kappa shape index (κ3) is 4.17. The maximum atomic E-state index is 12.4. The number of aliphatic hydroxyl groups is 2. The van der Waals surface area contributed by atoms with Gasteiger partial charge in [0.05, 0.1) is 15.8 Å². The van der Waals surface area contributed by atoms with Crippen LogP contribution in [0.3, 0.4) is 0 Å². The topological polar surface area (TPSA) is 64.0 Å². The van der Waals surface area contributed by atoms with Gasteiger partial charge < -0.3 is 20.0 Å². The lowest BCUT2D eigenvalue weighted by molar-refractivity contribution is 0.0783. The van der Waals surface area contributed by atoms with E-state index < -0.39 is 0 Å². The lowest BCUT2D eigenvalue weighted by atomic mass is 9.96. The largest absolute Gasteiger partial charge is 0.396 e. The molecule has 7 heteroatoms. The van der Waals surface area contributed by atoms with Gasteiger partial charge in [0.25, 0.3) is 5.91 Å². The predicted molar refractivity (Wildman–Crippen MR) is 83.9 cm³/mol. The van der Waals surface area contributed by atoms with E-state index in [4.69, 9.17) is 16.7 Å². The molecule has 5 nitrogen and oxygen atoms in total. The SMILES string of the molecule is CN(CCO)C[C@@H]1CN(C(=O)c2ccc(Cl)s2)C[C@@H]1CO. The van der Waals surface area contributed by atoms with Crippen LogP contribution in [0.15, 0.2) is 12.1 Å². The molecule has 1 saturated heterocycles. The van der Waals surface area contributed by atoms with Gasteiger partial charge in [-0.05, 0) is 25.1 Å². The molecule has 2 rings (SSSR count). The van der Waals surface area contributed by atoms with Gasteiger partial charge in [-0.3, -0.25) is 4.79 Å². The highest BCUT2D eigenvalue weighted by Crippen LogP contribution is 2.28. The number of hydrogen-bond donors (Lipinski definition) is 2. The maximum Gasteiger partial charge on any atom is 0.263 e. The standard InChI is InChI=1S/C14H21ClN2O3S/c1-16(4-5-18)6-10-7-17(8-11(10)9-19)14(20)12-2-3-13(15)21-12/h2-3,10-11,18-19H,4-9H2,1H3/t10-,11-/m1/s1. The number of hydrogen-bond acceptors (Lipinski definition) is 5. The second kappa shape index (κ2) is 7.56. The summed E-state index contributed by atoms with van der Waals surface area (Å²) >= 11 is 7.16. The number of nitrogens with zero attached hydrogens (tertiary/aromatic N) is 2. The van der Waals surface area contributed by atoms with Gasteiger partial charge in [-0.2, -0.15) is 0 Å². The summed E-state index contributed by atoms with van der Waals surface area (Å²) < 4.78 is 0.607. The highest BCUT2D eigenvalue weighted by atomic mass is 35.5. The van der Waals surface area contributed by atoms with Gasteiger partial charge in [-0.25, -0.2) is 0 Å². The number of rotatable bonds is 6. The molecule has 0 aromatic carbocycles. The van der Waals surface area contributed by atoms with Crippen molar-refractivity contribution in [1.82, 2.24) is 9.80 Å². The Morgan fingerprint density at radius 3 is 2.71 bits per heavy atom. The fourth-order valence-electron chi connectivity index (χ4n) is 2.77. The first-order valence-electron chi connectivity index (χ1n) is 7.00. The van der Waals surface area contributed by atoms with Crippen LogP contribution in [0.4, 0.5) is 0 Å². The number of halogens is 1. The average Bonchev–Trinajstić information content (AvgIpc) is 3.04. The number of likely N-dealkylation sites (N-methyl/N-ethyl adjacent to an activating group) is 1. The highest BCUT2D eigenvalue weighted by Gasteiger charge is 2.35. The smallest absolute Gasteiger partial charge is 0.263 e. The first-order valence-corrected chi connectivity index (χ1v) is 8.19. The molecule has 1 aromatic rings. The normalized spacial score (nSPS) is 22.2. The quantitative estimate of drug-likeness (QED) is 0.816. The van der Waals surface area contributed by atoms with Crippen molar-refractivity contribution in [3.05, 3.63) is 21.3 Å². The molecule has 0 saturated carbocycles. The van der Waals surface area contributed by atoms with Gasteiger partial charge in [0, 0.05) is 38.7 Å². The number of carbonyl (C=O) groups excluding carboxylic acids is 1. The Morgan fingerprint density at radius 2 is 2.14 bits per heavy atom. The van der Waals surface area contributed by atoms with Crippen LogP contribution in [0.1, 0.15) is 9.67 Å². The summed E-state index contributed by atoms with van der Waals surface area (Å²) in [4.78, 5) is 16.9. The Balaban J connectivity index is 1.99. The molecule has 1 aliphatic rings. The second-order valence-electron chi connectivity index (χ2n) is 5.50. The molecular weight excluding hydrogens is 312 g/mol. The summed E-state index contributed by atoms with van der Waals surface area (Å²) in [5.74, 6) is 0.300. The fraction of sp³-hybridized carbons (Fsp3) is 0.643. The van der Waals surface area contributed by atoms with E-state index >= 15 is 0 Å². The molecule has 2 atom stereocenters. The van der Waals surface area contributed by atoms with Crippen LogP contribution in [0.5, 0.6) is 0 Å². The number of thiophene rings is 1. The number of aliphatic hydroxyl groups excluding tert-OH is 2. The second-order valence-corrected chi connectivity index (χ2v) is 7.22. The van der Waals surface area contributed by atoms with Gasteiger partial charge in [0.2, 0.25) is 0 Å². The Bertz CT molecular complexity index is 483. The molecule has 0 spiro atoms. The first kappa shape index (κ1) is 16.7. The molecule has 0 unspecified atom stereocenters. The summed E-state index contributed by atoms with van der Waals surface area (Å²) in [7, 11) is 1.94. The molecule has 1 amide bonds. The van der Waals surface area contributed by atoms with Crippen molar-refractivity contribution in [1.29, 1.82) is 0 Å². The van der Waals surface area contributed by atoms with E-state index in [1.807, 2.05) is 11.9 Å². The lowest BCUT2D eigenvalue weighted by Gasteiger charge is -2.22. The van der Waals surface area contributed by atoms with Crippen molar-refractivity contribution in [2.24, 2.45) is 11.8 Å². The van der Waals surface area contributed by atoms with Crippen LogP contribution in [-0.4, -0.2) is 72.4 Å². The molecule has 2 N–H and O–H groups in total. The van der Waals surface area contributed by atoms with E-state index in [2.05, 4.69) is 0 Å². The zero-order valence-electron chi connectivity index (χ0n) is 12.0. The average molecular weight is 333 g/mol. The van der Waals surface area contributed by atoms with Gasteiger partial charge >= 0.3 is 0 Å². The van der Waals surface area contributed by atoms with Crippen LogP contribution in [0.25, 0.3) is 0 Å². The lowest BCUT2D eigenvalue weighted by Crippen LogP contribution is -2.33. The van der Waals surface area contributed by atoms with Crippen molar-refractivity contribution < 1.29 is 15.0 Å². The van der Waals surface area contributed by atoms with Crippen molar-refractivity contribution >= 4 is 28.8 Å². The monoisotopic (exact) mass is 332 g/mol. The van der Waals surface area contributed by atoms with E-state index in [-0.39, 0.29) is 31.0 Å². The third-order valence-corrected chi connectivity index (χ3v) is 5.13. The van der Waals surface area contributed by atoms with Crippen LogP contribution in [0.2, 0.25) is 4.34 Å². The minimum atomic E-state index is -0.0161. The molecular formula is C14H21ClN2O3S. The van der Waals surface area contributed by atoms with E-state index in [0.29, 0.717) is 28.8 Å². The molecule has 0 radical (unpaired) electrons. The molecule has 2 heterocycles. The molecule has 21 heavy (non-hydrogen) atoms. The van der Waals surface area contributed by atoms with E-state index in [0.717, 1.165) is 6.54 Å². The van der Waals surface area contributed by atoms with Crippen LogP contribution < -0.4 is 0 Å². The number of likely N-dealkylation sites (tertiary alicyclic amines) is 1. The van der Waals surface area contributed by atoms with Gasteiger partial charge in [0.15, 0.2) is 0 Å². The zero-order chi connectivity index (χ0) is 15.4. The van der Waals surface area contributed by atoms with Gasteiger partial charge in [-0.15, -0.1) is 11.3 Å². The third-order valence-electron chi connectivity index (χ3n) is 3.91. The highest BCUT2D eigenvalue weighted by molar-refractivity contribution is 7.17. The molecule has 1 aromatic heterocycles. The summed E-state index contributed by atoms with van der Waals surface area (Å²) in [6, 6.07) is 3.47. The van der Waals surface area contributed by atoms with Crippen molar-refractivity contribution in [2.45, 2.75) is 0 Å². The predicted octanol–water partition coefficient (Wildman–Crippen LogP) is 1.01. The summed E-state index contributed by atoms with van der Waals surface area (Å²) in [5, 5.41) is 18.5. The number of carbonyl (C=O) groups is 1. The summed E-state index contributed by atoms with van der Waals surface area (Å²) in [5.41, 5.74) is 0. The Morgan fingerprint density at radius 1 is 1.43 bits per heavy atom. The number of amides is 1. The van der Waals surface area contributed by atoms with Gasteiger partial charge in [-0.1, -0.05) is 11.6 Å². The van der Waals surface area contributed by atoms with E-state index in [9.17, 15) is 9.90 Å². The van der Waals surface area contributed by atoms with Crippen LogP contribution >= 0.6 is 22.9 Å². The Labute approximate surface area is 133 Å². The van der Waals surface area contributed by atoms with Crippen LogP contribution in [0, 0.1) is 11.8 Å². The first-order chi connectivity index (χ1) is 10.0. The van der Waals surface area contributed by atoms with Crippen LogP contribution in [-0.2, 0) is 0 Å². The summed E-state index contributed by atoms with van der Waals surface area (Å²) in [6.07, 6.45) is 0. The molecule has 1 aliphatic heterocycles. The van der Waals surface area contributed by atoms with Gasteiger partial charge in [0.1, 0.15) is 0 Å². The molecule has 118 valence electrons. The molecule has 0 bridgehead atoms. The fourth-order valence-corrected chi connectivity index (χ4v) is 3.78. The Hall–Kier alpha value is -0.660. The Kier molecular flexibility index (Phi) is 6.01. The van der Waals surface area contributed by atoms with E-state index in [1.54, 1.807) is 17.0 Å². The maximum absolute atomic E-state index is 12.4.